The van der Waals surface area contributed by atoms with Crippen molar-refractivity contribution in [2.75, 3.05) is 13.2 Å². The highest BCUT2D eigenvalue weighted by Crippen LogP contribution is 2.13. The summed E-state index contributed by atoms with van der Waals surface area (Å²) in [6, 6.07) is 0. The standard InChI is InChI=1S/C15H19FN4O3/c1-2-3-4-12-8-20-9-13(7-17-14(20)19-12)23-10-11(5-16)6-18-15(21)22/h5,7-9,18H,2-4,6,10H2,1H3,(H,21,22)/b11-5+. The van der Waals surface area contributed by atoms with Gasteiger partial charge in [-0.2, -0.15) is 0 Å². The fraction of sp³-hybridized carbons (Fsp3) is 0.400. The Morgan fingerprint density at radius 1 is 1.52 bits per heavy atom. The molecule has 0 bridgehead atoms. The first-order valence-corrected chi connectivity index (χ1v) is 7.33. The molecule has 0 radical (unpaired) electrons. The molecule has 0 atom stereocenters. The van der Waals surface area contributed by atoms with Crippen LogP contribution in [0.3, 0.4) is 0 Å². The second-order valence-corrected chi connectivity index (χ2v) is 5.05. The van der Waals surface area contributed by atoms with Crippen molar-refractivity contribution in [1.82, 2.24) is 19.7 Å². The molecule has 1 amide bonds. The number of ether oxygens (including phenoxy) is 1. The highest BCUT2D eigenvalue weighted by atomic mass is 19.1. The minimum absolute atomic E-state index is 0.0681. The molecule has 0 spiro atoms. The third-order valence-corrected chi connectivity index (χ3v) is 3.17. The van der Waals surface area contributed by atoms with Crippen LogP contribution in [0.1, 0.15) is 25.5 Å². The van der Waals surface area contributed by atoms with Crippen LogP contribution in [0, 0.1) is 0 Å². The van der Waals surface area contributed by atoms with Crippen molar-refractivity contribution in [3.8, 4) is 5.75 Å². The second-order valence-electron chi connectivity index (χ2n) is 5.05. The van der Waals surface area contributed by atoms with Crippen LogP contribution < -0.4 is 10.1 Å². The minimum atomic E-state index is -1.22. The predicted octanol–water partition coefficient (Wildman–Crippen LogP) is 2.57. The molecule has 0 fully saturated rings. The van der Waals surface area contributed by atoms with Gasteiger partial charge in [-0.25, -0.2) is 19.2 Å². The molecule has 0 saturated heterocycles. The van der Waals surface area contributed by atoms with E-state index in [0.29, 0.717) is 17.9 Å². The highest BCUT2D eigenvalue weighted by molar-refractivity contribution is 5.64. The Hall–Kier alpha value is -2.64. The Bertz CT molecular complexity index is 699. The average molecular weight is 322 g/mol. The molecule has 2 aromatic rings. The molecule has 8 heteroatoms. The monoisotopic (exact) mass is 322 g/mol. The topological polar surface area (TPSA) is 88.8 Å². The number of aryl methyl sites for hydroxylation is 1. The van der Waals surface area contributed by atoms with Crippen LogP contribution in [0.4, 0.5) is 9.18 Å². The van der Waals surface area contributed by atoms with E-state index in [-0.39, 0.29) is 18.7 Å². The lowest BCUT2D eigenvalue weighted by molar-refractivity contribution is 0.195. The van der Waals surface area contributed by atoms with Crippen molar-refractivity contribution in [2.24, 2.45) is 0 Å². The van der Waals surface area contributed by atoms with Gasteiger partial charge in [0.1, 0.15) is 6.61 Å². The van der Waals surface area contributed by atoms with Crippen LogP contribution in [-0.2, 0) is 6.42 Å². The van der Waals surface area contributed by atoms with Gasteiger partial charge in [-0.05, 0) is 12.8 Å². The number of carbonyl (C=O) groups is 1. The fourth-order valence-corrected chi connectivity index (χ4v) is 1.95. The van der Waals surface area contributed by atoms with Crippen LogP contribution in [0.15, 0.2) is 30.5 Å². The van der Waals surface area contributed by atoms with Crippen molar-refractivity contribution in [2.45, 2.75) is 26.2 Å². The van der Waals surface area contributed by atoms with Crippen molar-refractivity contribution < 1.29 is 19.0 Å². The molecular formula is C15H19FN4O3. The van der Waals surface area contributed by atoms with E-state index < -0.39 is 6.09 Å². The molecule has 0 saturated carbocycles. The van der Waals surface area contributed by atoms with Crippen molar-refractivity contribution in [3.63, 3.8) is 0 Å². The maximum Gasteiger partial charge on any atom is 0.404 e. The van der Waals surface area contributed by atoms with Gasteiger partial charge in [-0.15, -0.1) is 0 Å². The number of halogens is 1. The van der Waals surface area contributed by atoms with Crippen LogP contribution in [0.2, 0.25) is 0 Å². The average Bonchev–Trinajstić information content (AvgIpc) is 2.94. The zero-order valence-electron chi connectivity index (χ0n) is 12.8. The molecule has 2 aromatic heterocycles. The smallest absolute Gasteiger partial charge is 0.404 e. The lowest BCUT2D eigenvalue weighted by atomic mass is 10.2. The maximum atomic E-state index is 12.7. The number of nitrogens with one attached hydrogen (secondary N) is 1. The van der Waals surface area contributed by atoms with E-state index >= 15 is 0 Å². The molecular weight excluding hydrogens is 303 g/mol. The van der Waals surface area contributed by atoms with Crippen molar-refractivity contribution >= 4 is 11.9 Å². The molecule has 0 aliphatic rings. The summed E-state index contributed by atoms with van der Waals surface area (Å²) in [6.45, 7) is 1.92. The number of aromatic nitrogens is 3. The number of nitrogens with zero attached hydrogens (tertiary/aromatic N) is 3. The maximum absolute atomic E-state index is 12.7. The molecule has 0 aliphatic carbocycles. The first-order valence-electron chi connectivity index (χ1n) is 7.33. The van der Waals surface area contributed by atoms with E-state index in [9.17, 15) is 9.18 Å². The number of rotatable bonds is 8. The molecule has 0 unspecified atom stereocenters. The molecule has 0 aliphatic heterocycles. The first kappa shape index (κ1) is 16.7. The number of fused-ring (bicyclic) bond motifs is 1. The summed E-state index contributed by atoms with van der Waals surface area (Å²) >= 11 is 0. The Morgan fingerprint density at radius 3 is 3.04 bits per heavy atom. The lowest BCUT2D eigenvalue weighted by Crippen LogP contribution is -2.25. The summed E-state index contributed by atoms with van der Waals surface area (Å²) in [6.07, 6.45) is 7.28. The molecule has 0 aromatic carbocycles. The summed E-state index contributed by atoms with van der Waals surface area (Å²) in [5.74, 6) is 1.03. The van der Waals surface area contributed by atoms with Crippen LogP contribution in [0.5, 0.6) is 5.75 Å². The van der Waals surface area contributed by atoms with E-state index in [4.69, 9.17) is 9.84 Å². The van der Waals surface area contributed by atoms with Crippen LogP contribution in [0.25, 0.3) is 5.78 Å². The zero-order valence-corrected chi connectivity index (χ0v) is 12.8. The number of hydrogen-bond acceptors (Lipinski definition) is 4. The number of unbranched alkanes of at least 4 members (excludes halogenated alkanes) is 1. The predicted molar refractivity (Wildman–Crippen MR) is 82.3 cm³/mol. The van der Waals surface area contributed by atoms with E-state index in [1.54, 1.807) is 10.6 Å². The third-order valence-electron chi connectivity index (χ3n) is 3.17. The highest BCUT2D eigenvalue weighted by Gasteiger charge is 2.06. The summed E-state index contributed by atoms with van der Waals surface area (Å²) in [5.41, 5.74) is 1.15. The minimum Gasteiger partial charge on any atom is -0.486 e. The summed E-state index contributed by atoms with van der Waals surface area (Å²) in [5, 5.41) is 10.6. The van der Waals surface area contributed by atoms with Gasteiger partial charge in [0.25, 0.3) is 0 Å². The van der Waals surface area contributed by atoms with E-state index in [2.05, 4.69) is 22.2 Å². The third kappa shape index (κ3) is 4.94. The lowest BCUT2D eigenvalue weighted by Gasteiger charge is -2.08. The van der Waals surface area contributed by atoms with Gasteiger partial charge >= 0.3 is 6.09 Å². The van der Waals surface area contributed by atoms with Gasteiger partial charge in [-0.1, -0.05) is 13.3 Å². The van der Waals surface area contributed by atoms with Gasteiger partial charge < -0.3 is 15.2 Å². The number of carboxylic acid groups (broad SMARTS) is 1. The Labute approximate surface area is 132 Å². The van der Waals surface area contributed by atoms with E-state index in [1.165, 1.54) is 6.20 Å². The number of hydrogen-bond donors (Lipinski definition) is 2. The normalized spacial score (nSPS) is 11.7. The van der Waals surface area contributed by atoms with Crippen LogP contribution >= 0.6 is 0 Å². The largest absolute Gasteiger partial charge is 0.486 e. The quantitative estimate of drug-likeness (QED) is 0.780. The molecule has 2 rings (SSSR count). The van der Waals surface area contributed by atoms with E-state index in [1.807, 2.05) is 6.20 Å². The van der Waals surface area contributed by atoms with Crippen LogP contribution in [-0.4, -0.2) is 38.7 Å². The van der Waals surface area contributed by atoms with Gasteiger partial charge in [0, 0.05) is 18.3 Å². The second kappa shape index (κ2) is 8.11. The Kier molecular flexibility index (Phi) is 5.90. The van der Waals surface area contributed by atoms with Crippen molar-refractivity contribution in [1.29, 1.82) is 0 Å². The molecule has 2 heterocycles. The summed E-state index contributed by atoms with van der Waals surface area (Å²) in [4.78, 5) is 19.0. The SMILES string of the molecule is CCCCc1cn2cc(OC/C(=C/F)CNC(=O)O)cnc2n1. The summed E-state index contributed by atoms with van der Waals surface area (Å²) in [7, 11) is 0. The van der Waals surface area contributed by atoms with Gasteiger partial charge in [-0.3, -0.25) is 4.40 Å². The van der Waals surface area contributed by atoms with Crippen molar-refractivity contribution in [3.05, 3.63) is 36.2 Å². The molecule has 23 heavy (non-hydrogen) atoms. The number of amides is 1. The van der Waals surface area contributed by atoms with Gasteiger partial charge in [0.15, 0.2) is 5.75 Å². The number of imidazole rings is 1. The Balaban J connectivity index is 1.98. The first-order chi connectivity index (χ1) is 11.1. The molecule has 2 N–H and O–H groups in total. The molecule has 7 nitrogen and oxygen atoms in total. The van der Waals surface area contributed by atoms with Gasteiger partial charge in [0.05, 0.1) is 24.4 Å². The summed E-state index contributed by atoms with van der Waals surface area (Å²) < 4.78 is 19.9. The molecule has 124 valence electrons. The van der Waals surface area contributed by atoms with E-state index in [0.717, 1.165) is 25.0 Å². The zero-order chi connectivity index (χ0) is 16.7. The van der Waals surface area contributed by atoms with Gasteiger partial charge in [0.2, 0.25) is 5.78 Å². The Morgan fingerprint density at radius 2 is 2.35 bits per heavy atom. The fourth-order valence-electron chi connectivity index (χ4n) is 1.95.